The second kappa shape index (κ2) is 13.7. The minimum atomic E-state index is 0.940. The van der Waals surface area contributed by atoms with E-state index in [4.69, 9.17) is 0 Å². The van der Waals surface area contributed by atoms with E-state index < -0.39 is 0 Å². The Bertz CT molecular complexity index is 2370. The zero-order valence-electron chi connectivity index (χ0n) is 26.9. The third-order valence-corrected chi connectivity index (χ3v) is 8.20. The summed E-state index contributed by atoms with van der Waals surface area (Å²) in [5.74, 6) is 26.8. The molecular weight excluding hydrogens is 577 g/mol. The fourth-order valence-corrected chi connectivity index (χ4v) is 5.50. The molecule has 0 heterocycles. The lowest BCUT2D eigenvalue weighted by molar-refractivity contribution is 1.46. The maximum Gasteiger partial charge on any atom is 0.0328 e. The van der Waals surface area contributed by atoms with Gasteiger partial charge in [-0.25, -0.2) is 0 Å². The van der Waals surface area contributed by atoms with E-state index in [0.717, 1.165) is 66.1 Å². The molecule has 0 aliphatic heterocycles. The Morgan fingerprint density at radius 3 is 0.729 bits per heavy atom. The van der Waals surface area contributed by atoms with Gasteiger partial charge in [0.2, 0.25) is 0 Å². The molecule has 0 saturated carbocycles. The molecule has 222 valence electrons. The molecule has 0 saturated heterocycles. The van der Waals surface area contributed by atoms with Gasteiger partial charge in [0.25, 0.3) is 0 Å². The van der Waals surface area contributed by atoms with E-state index in [9.17, 15) is 0 Å². The first kappa shape index (κ1) is 30.0. The molecule has 48 heavy (non-hydrogen) atoms. The molecule has 0 aromatic heterocycles. The highest BCUT2D eigenvalue weighted by molar-refractivity contribution is 5.94. The summed E-state index contributed by atoms with van der Waals surface area (Å²) in [4.78, 5) is 0. The van der Waals surface area contributed by atoms with Crippen LogP contribution in [0.25, 0.3) is 21.5 Å². The summed E-state index contributed by atoms with van der Waals surface area (Å²) < 4.78 is 0. The van der Waals surface area contributed by atoms with Crippen molar-refractivity contribution in [3.8, 4) is 47.4 Å². The van der Waals surface area contributed by atoms with Crippen LogP contribution in [0.3, 0.4) is 0 Å². The maximum atomic E-state index is 3.39. The predicted molar refractivity (Wildman–Crippen MR) is 201 cm³/mol. The first-order valence-electron chi connectivity index (χ1n) is 15.9. The molecule has 0 radical (unpaired) electrons. The van der Waals surface area contributed by atoms with Crippen molar-refractivity contribution in [2.45, 2.75) is 13.8 Å². The minimum absolute atomic E-state index is 0.940. The molecule has 0 nitrogen and oxygen atoms in total. The van der Waals surface area contributed by atoms with E-state index in [1.165, 1.54) is 11.1 Å². The Balaban J connectivity index is 1.11. The van der Waals surface area contributed by atoms with Crippen molar-refractivity contribution in [1.82, 2.24) is 0 Å². The quantitative estimate of drug-likeness (QED) is 0.151. The number of hydrogen-bond acceptors (Lipinski definition) is 0. The maximum absolute atomic E-state index is 3.39. The van der Waals surface area contributed by atoms with Crippen molar-refractivity contribution in [1.29, 1.82) is 0 Å². The van der Waals surface area contributed by atoms with E-state index in [-0.39, 0.29) is 0 Å². The average Bonchev–Trinajstić information content (AvgIpc) is 3.13. The Hall–Kier alpha value is -6.70. The zero-order chi connectivity index (χ0) is 32.7. The number of rotatable bonds is 0. The summed E-state index contributed by atoms with van der Waals surface area (Å²) in [6.45, 7) is 4.17. The van der Waals surface area contributed by atoms with Gasteiger partial charge in [0.05, 0.1) is 0 Å². The van der Waals surface area contributed by atoms with Gasteiger partial charge in [0.15, 0.2) is 0 Å². The molecule has 0 N–H and O–H groups in total. The smallest absolute Gasteiger partial charge is 0.0328 e. The summed E-state index contributed by atoms with van der Waals surface area (Å²) in [6.07, 6.45) is 0. The number of benzene rings is 7. The van der Waals surface area contributed by atoms with E-state index in [1.807, 2.05) is 48.5 Å². The van der Waals surface area contributed by atoms with Gasteiger partial charge in [-0.15, -0.1) is 0 Å². The van der Waals surface area contributed by atoms with Crippen LogP contribution in [-0.4, -0.2) is 0 Å². The van der Waals surface area contributed by atoms with Crippen molar-refractivity contribution >= 4 is 21.5 Å². The highest BCUT2D eigenvalue weighted by Gasteiger charge is 2.04. The normalized spacial score (nSPS) is 10.0. The van der Waals surface area contributed by atoms with Gasteiger partial charge < -0.3 is 0 Å². The van der Waals surface area contributed by atoms with Crippen LogP contribution in [-0.2, 0) is 0 Å². The Morgan fingerprint density at radius 2 is 0.479 bits per heavy atom. The van der Waals surface area contributed by atoms with Crippen molar-refractivity contribution in [3.63, 3.8) is 0 Å². The van der Waals surface area contributed by atoms with Crippen LogP contribution >= 0.6 is 0 Å². The summed E-state index contributed by atoms with van der Waals surface area (Å²) in [5.41, 5.74) is 10.3. The third kappa shape index (κ3) is 6.92. The standard InChI is InChI=1S/C48H30/c1-35-11-15-37(16-12-35)23-27-41-31-33-43(47-9-5-3-7-45(41)47)29-25-39-19-21-40(22-20-39)26-30-44-34-32-42(46-8-4-6-10-48(44)46)28-24-38-17-13-36(2)14-18-38/h3-22,31-34H,1-2H3. The van der Waals surface area contributed by atoms with Crippen LogP contribution in [0.1, 0.15) is 55.6 Å². The molecule has 0 aliphatic carbocycles. The molecule has 0 heteroatoms. The van der Waals surface area contributed by atoms with Gasteiger partial charge in [-0.3, -0.25) is 0 Å². The fourth-order valence-electron chi connectivity index (χ4n) is 5.50. The van der Waals surface area contributed by atoms with Crippen molar-refractivity contribution < 1.29 is 0 Å². The van der Waals surface area contributed by atoms with E-state index in [1.54, 1.807) is 0 Å². The summed E-state index contributed by atoms with van der Waals surface area (Å²) >= 11 is 0. The van der Waals surface area contributed by atoms with Crippen LogP contribution in [0.4, 0.5) is 0 Å². The highest BCUT2D eigenvalue weighted by Crippen LogP contribution is 2.24. The van der Waals surface area contributed by atoms with Gasteiger partial charge in [0, 0.05) is 44.5 Å². The molecule has 7 aromatic carbocycles. The van der Waals surface area contributed by atoms with Crippen LogP contribution in [0.5, 0.6) is 0 Å². The Morgan fingerprint density at radius 1 is 0.250 bits per heavy atom. The number of fused-ring (bicyclic) bond motifs is 2. The molecule has 7 aromatic rings. The van der Waals surface area contributed by atoms with E-state index in [0.29, 0.717) is 0 Å². The van der Waals surface area contributed by atoms with Crippen LogP contribution in [0.15, 0.2) is 146 Å². The van der Waals surface area contributed by atoms with Gasteiger partial charge in [0.1, 0.15) is 0 Å². The van der Waals surface area contributed by atoms with Crippen molar-refractivity contribution in [2.75, 3.05) is 0 Å². The van der Waals surface area contributed by atoms with Gasteiger partial charge in [-0.05, 0) is 108 Å². The number of hydrogen-bond donors (Lipinski definition) is 0. The lowest BCUT2D eigenvalue weighted by atomic mass is 9.99. The first-order chi connectivity index (χ1) is 23.6. The molecule has 0 fully saturated rings. The van der Waals surface area contributed by atoms with Gasteiger partial charge in [-0.2, -0.15) is 0 Å². The lowest BCUT2D eigenvalue weighted by Crippen LogP contribution is -1.86. The van der Waals surface area contributed by atoms with Gasteiger partial charge in [-0.1, -0.05) is 131 Å². The summed E-state index contributed by atoms with van der Waals surface area (Å²) in [5, 5.41) is 4.41. The molecule has 0 atom stereocenters. The largest absolute Gasteiger partial charge is 0.0616 e. The first-order valence-corrected chi connectivity index (χ1v) is 15.9. The topological polar surface area (TPSA) is 0 Å². The van der Waals surface area contributed by atoms with E-state index in [2.05, 4.69) is 158 Å². The molecule has 7 rings (SSSR count). The molecular formula is C48H30. The molecule has 0 bridgehead atoms. The van der Waals surface area contributed by atoms with Crippen LogP contribution < -0.4 is 0 Å². The summed E-state index contributed by atoms with van der Waals surface area (Å²) in [6, 6.07) is 49.6. The molecule has 0 aliphatic rings. The molecule has 0 unspecified atom stereocenters. The second-order valence-corrected chi connectivity index (χ2v) is 11.7. The third-order valence-electron chi connectivity index (χ3n) is 8.20. The zero-order valence-corrected chi connectivity index (χ0v) is 26.9. The monoisotopic (exact) mass is 606 g/mol. The van der Waals surface area contributed by atoms with E-state index >= 15 is 0 Å². The van der Waals surface area contributed by atoms with Crippen LogP contribution in [0.2, 0.25) is 0 Å². The SMILES string of the molecule is Cc1ccc(C#Cc2ccc(C#Cc3ccc(C#Cc4ccc(C#Cc5ccc(C)cc5)c5ccccc45)cc3)c3ccccc23)cc1. The van der Waals surface area contributed by atoms with Crippen molar-refractivity contribution in [2.24, 2.45) is 0 Å². The van der Waals surface area contributed by atoms with Crippen LogP contribution in [0, 0.1) is 61.2 Å². The predicted octanol–water partition coefficient (Wildman–Crippen LogP) is 10.2. The van der Waals surface area contributed by atoms with Gasteiger partial charge >= 0.3 is 0 Å². The Kier molecular flexibility index (Phi) is 8.58. The van der Waals surface area contributed by atoms with Crippen molar-refractivity contribution in [3.05, 3.63) is 201 Å². The highest BCUT2D eigenvalue weighted by atomic mass is 14.1. The molecule has 0 amide bonds. The minimum Gasteiger partial charge on any atom is -0.0616 e. The fraction of sp³-hybridized carbons (Fsp3) is 0.0417. The Labute approximate surface area is 283 Å². The summed E-state index contributed by atoms with van der Waals surface area (Å²) in [7, 11) is 0. The molecule has 0 spiro atoms. The average molecular weight is 607 g/mol. The second-order valence-electron chi connectivity index (χ2n) is 11.7. The number of aryl methyl sites for hydroxylation is 2. The lowest BCUT2D eigenvalue weighted by Gasteiger charge is -2.04.